The van der Waals surface area contributed by atoms with Crippen LogP contribution in [0.2, 0.25) is 0 Å². The molecular formula is C14H19N3. The van der Waals surface area contributed by atoms with Gasteiger partial charge in [-0.05, 0) is 32.3 Å². The summed E-state index contributed by atoms with van der Waals surface area (Å²) < 4.78 is 1.91. The van der Waals surface area contributed by atoms with Gasteiger partial charge in [0.25, 0.3) is 0 Å². The summed E-state index contributed by atoms with van der Waals surface area (Å²) in [6, 6.07) is 12.8. The number of nitrogen functional groups attached to an aromatic ring is 1. The third-order valence-corrected chi connectivity index (χ3v) is 3.00. The highest BCUT2D eigenvalue weighted by atomic mass is 15.3. The molecule has 0 aliphatic carbocycles. The Morgan fingerprint density at radius 3 is 2.59 bits per heavy atom. The molecule has 1 aromatic carbocycles. The van der Waals surface area contributed by atoms with Gasteiger partial charge >= 0.3 is 0 Å². The standard InChI is InChI=1S/C14H19N3/c1-11-10-14(15)17(16-11)12(2)8-9-13-6-4-3-5-7-13/h3-7,10,12H,8-9,15H2,1-2H3. The van der Waals surface area contributed by atoms with Crippen molar-refractivity contribution >= 4 is 5.82 Å². The van der Waals surface area contributed by atoms with Crippen molar-refractivity contribution in [3.63, 3.8) is 0 Å². The van der Waals surface area contributed by atoms with Gasteiger partial charge in [-0.25, -0.2) is 4.68 Å². The Morgan fingerprint density at radius 1 is 1.29 bits per heavy atom. The Labute approximate surface area is 102 Å². The molecule has 1 aromatic heterocycles. The molecule has 0 aliphatic heterocycles. The molecule has 0 spiro atoms. The predicted molar refractivity (Wildman–Crippen MR) is 70.9 cm³/mol. The molecule has 0 bridgehead atoms. The third-order valence-electron chi connectivity index (χ3n) is 3.00. The normalized spacial score (nSPS) is 12.6. The molecule has 2 N–H and O–H groups in total. The van der Waals surface area contributed by atoms with Gasteiger partial charge in [0.15, 0.2) is 0 Å². The largest absolute Gasteiger partial charge is 0.384 e. The summed E-state index contributed by atoms with van der Waals surface area (Å²) in [6.07, 6.45) is 2.11. The third kappa shape index (κ3) is 2.87. The van der Waals surface area contributed by atoms with Gasteiger partial charge < -0.3 is 5.73 Å². The summed E-state index contributed by atoms with van der Waals surface area (Å²) in [5.74, 6) is 0.753. The highest BCUT2D eigenvalue weighted by molar-refractivity contribution is 5.30. The van der Waals surface area contributed by atoms with Crippen LogP contribution in [-0.2, 0) is 6.42 Å². The zero-order chi connectivity index (χ0) is 12.3. The highest BCUT2D eigenvalue weighted by Gasteiger charge is 2.09. The Balaban J connectivity index is 1.98. The first kappa shape index (κ1) is 11.7. The van der Waals surface area contributed by atoms with Crippen molar-refractivity contribution in [3.8, 4) is 0 Å². The lowest BCUT2D eigenvalue weighted by molar-refractivity contribution is 0.464. The highest BCUT2D eigenvalue weighted by Crippen LogP contribution is 2.18. The van der Waals surface area contributed by atoms with Crippen molar-refractivity contribution < 1.29 is 0 Å². The van der Waals surface area contributed by atoms with Gasteiger partial charge in [0.2, 0.25) is 0 Å². The summed E-state index contributed by atoms with van der Waals surface area (Å²) in [5.41, 5.74) is 8.26. The van der Waals surface area contributed by atoms with Crippen LogP contribution in [0, 0.1) is 6.92 Å². The molecule has 0 fully saturated rings. The second kappa shape index (κ2) is 5.04. The maximum atomic E-state index is 5.91. The SMILES string of the molecule is Cc1cc(N)n(C(C)CCc2ccccc2)n1. The molecule has 17 heavy (non-hydrogen) atoms. The molecule has 1 atom stereocenters. The van der Waals surface area contributed by atoms with Gasteiger partial charge in [0, 0.05) is 6.07 Å². The number of hydrogen-bond donors (Lipinski definition) is 1. The van der Waals surface area contributed by atoms with Crippen molar-refractivity contribution in [3.05, 3.63) is 47.7 Å². The van der Waals surface area contributed by atoms with Gasteiger partial charge in [-0.1, -0.05) is 30.3 Å². The Hall–Kier alpha value is -1.77. The number of aromatic nitrogens is 2. The van der Waals surface area contributed by atoms with Crippen LogP contribution in [0.1, 0.15) is 30.6 Å². The van der Waals surface area contributed by atoms with Crippen molar-refractivity contribution in [2.45, 2.75) is 32.7 Å². The average molecular weight is 229 g/mol. The van der Waals surface area contributed by atoms with Gasteiger partial charge in [-0.15, -0.1) is 0 Å². The van der Waals surface area contributed by atoms with Crippen molar-refractivity contribution in [1.82, 2.24) is 9.78 Å². The summed E-state index contributed by atoms with van der Waals surface area (Å²) in [4.78, 5) is 0. The van der Waals surface area contributed by atoms with E-state index < -0.39 is 0 Å². The maximum absolute atomic E-state index is 5.91. The molecule has 2 rings (SSSR count). The van der Waals surface area contributed by atoms with E-state index in [-0.39, 0.29) is 0 Å². The molecule has 0 radical (unpaired) electrons. The van der Waals surface area contributed by atoms with Gasteiger partial charge in [0.1, 0.15) is 5.82 Å². The molecule has 1 unspecified atom stereocenters. The zero-order valence-electron chi connectivity index (χ0n) is 10.4. The number of benzene rings is 1. The van der Waals surface area contributed by atoms with E-state index in [1.54, 1.807) is 0 Å². The topological polar surface area (TPSA) is 43.8 Å². The minimum atomic E-state index is 0.337. The van der Waals surface area contributed by atoms with Crippen LogP contribution in [0.5, 0.6) is 0 Å². The van der Waals surface area contributed by atoms with Gasteiger partial charge in [-0.3, -0.25) is 0 Å². The van der Waals surface area contributed by atoms with Crippen LogP contribution in [0.4, 0.5) is 5.82 Å². The van der Waals surface area contributed by atoms with E-state index in [0.29, 0.717) is 6.04 Å². The molecule has 90 valence electrons. The molecule has 0 aliphatic rings. The number of anilines is 1. The second-order valence-electron chi connectivity index (χ2n) is 4.53. The van der Waals surface area contributed by atoms with E-state index in [1.165, 1.54) is 5.56 Å². The van der Waals surface area contributed by atoms with Gasteiger partial charge in [-0.2, -0.15) is 5.10 Å². The number of aryl methyl sites for hydroxylation is 2. The fraction of sp³-hybridized carbons (Fsp3) is 0.357. The lowest BCUT2D eigenvalue weighted by atomic mass is 10.1. The average Bonchev–Trinajstić information content (AvgIpc) is 2.67. The minimum absolute atomic E-state index is 0.337. The van der Waals surface area contributed by atoms with Crippen molar-refractivity contribution in [2.24, 2.45) is 0 Å². The monoisotopic (exact) mass is 229 g/mol. The van der Waals surface area contributed by atoms with Crippen LogP contribution in [0.25, 0.3) is 0 Å². The van der Waals surface area contributed by atoms with E-state index in [2.05, 4.69) is 36.3 Å². The molecule has 3 heteroatoms. The first-order valence-corrected chi connectivity index (χ1v) is 6.02. The molecule has 0 saturated heterocycles. The zero-order valence-corrected chi connectivity index (χ0v) is 10.4. The van der Waals surface area contributed by atoms with Crippen LogP contribution in [0.3, 0.4) is 0 Å². The van der Waals surface area contributed by atoms with Crippen LogP contribution >= 0.6 is 0 Å². The molecule has 0 saturated carbocycles. The number of rotatable bonds is 4. The molecular weight excluding hydrogens is 210 g/mol. The fourth-order valence-electron chi connectivity index (χ4n) is 2.03. The number of nitrogens with two attached hydrogens (primary N) is 1. The van der Waals surface area contributed by atoms with Crippen molar-refractivity contribution in [2.75, 3.05) is 5.73 Å². The molecule has 3 nitrogen and oxygen atoms in total. The maximum Gasteiger partial charge on any atom is 0.122 e. The second-order valence-corrected chi connectivity index (χ2v) is 4.53. The van der Waals surface area contributed by atoms with Gasteiger partial charge in [0.05, 0.1) is 11.7 Å². The summed E-state index contributed by atoms with van der Waals surface area (Å²) in [6.45, 7) is 4.13. The first-order chi connectivity index (χ1) is 8.16. The van der Waals surface area contributed by atoms with Crippen molar-refractivity contribution in [1.29, 1.82) is 0 Å². The predicted octanol–water partition coefficient (Wildman–Crippen LogP) is 2.97. The van der Waals surface area contributed by atoms with E-state index in [1.807, 2.05) is 23.7 Å². The Bertz CT molecular complexity index is 473. The fourth-order valence-corrected chi connectivity index (χ4v) is 2.03. The van der Waals surface area contributed by atoms with E-state index >= 15 is 0 Å². The quantitative estimate of drug-likeness (QED) is 0.876. The molecule has 2 aromatic rings. The Morgan fingerprint density at radius 2 is 2.00 bits per heavy atom. The smallest absolute Gasteiger partial charge is 0.122 e. The van der Waals surface area contributed by atoms with Crippen LogP contribution in [-0.4, -0.2) is 9.78 Å². The van der Waals surface area contributed by atoms with E-state index in [4.69, 9.17) is 5.73 Å². The lowest BCUT2D eigenvalue weighted by Crippen LogP contribution is -2.11. The summed E-state index contributed by atoms with van der Waals surface area (Å²) in [5, 5.41) is 4.41. The molecule has 0 amide bonds. The van der Waals surface area contributed by atoms with Crippen LogP contribution < -0.4 is 5.73 Å². The minimum Gasteiger partial charge on any atom is -0.384 e. The van der Waals surface area contributed by atoms with Crippen LogP contribution in [0.15, 0.2) is 36.4 Å². The first-order valence-electron chi connectivity index (χ1n) is 6.02. The van der Waals surface area contributed by atoms with E-state index in [0.717, 1.165) is 24.4 Å². The summed E-state index contributed by atoms with van der Waals surface area (Å²) >= 11 is 0. The number of nitrogens with zero attached hydrogens (tertiary/aromatic N) is 2. The number of hydrogen-bond acceptors (Lipinski definition) is 2. The lowest BCUT2D eigenvalue weighted by Gasteiger charge is -2.13. The summed E-state index contributed by atoms with van der Waals surface area (Å²) in [7, 11) is 0. The molecule has 1 heterocycles. The van der Waals surface area contributed by atoms with E-state index in [9.17, 15) is 0 Å². The Kier molecular flexibility index (Phi) is 3.47.